The molecular weight excluding hydrogens is 560 g/mol. The second kappa shape index (κ2) is 17.6. The van der Waals surface area contributed by atoms with Crippen molar-refractivity contribution < 1.29 is 23.9 Å². The van der Waals surface area contributed by atoms with Gasteiger partial charge in [-0.05, 0) is 60.2 Å². The molecule has 4 aromatic rings. The summed E-state index contributed by atoms with van der Waals surface area (Å²) in [5.74, 6) is 0.302. The van der Waals surface area contributed by atoms with Gasteiger partial charge in [-0.15, -0.1) is 11.8 Å². The third-order valence-electron chi connectivity index (χ3n) is 6.79. The Morgan fingerprint density at radius 1 is 0.721 bits per heavy atom. The van der Waals surface area contributed by atoms with E-state index < -0.39 is 18.0 Å². The largest absolute Gasteiger partial charge is 0.497 e. The van der Waals surface area contributed by atoms with E-state index in [4.69, 9.17) is 14.3 Å². The third-order valence-corrected chi connectivity index (χ3v) is 8.14. The standard InChI is InChI=1S/C35H38N2O5S/c1-40-30-21-23-31(24-22-30)43-32(20-12-11-15-27-13-5-2-6-14-27)33(34(38)37-42-26-29-18-9-4-10-19-29)36-35(39)41-25-28-16-7-3-8-17-28/h2-10,13-14,16-19,21-24,32-33H,11-12,15,20,25-26H2,1H3,(H,36,39)(H,37,38)/t32-,33+/m1/s1. The highest BCUT2D eigenvalue weighted by atomic mass is 32.2. The molecular formula is C35H38N2O5S. The minimum atomic E-state index is -0.914. The molecule has 224 valence electrons. The van der Waals surface area contributed by atoms with Crippen LogP contribution in [0.1, 0.15) is 36.0 Å². The summed E-state index contributed by atoms with van der Waals surface area (Å²) < 4.78 is 10.8. The lowest BCUT2D eigenvalue weighted by molar-refractivity contribution is -0.136. The van der Waals surface area contributed by atoms with E-state index in [-0.39, 0.29) is 18.5 Å². The predicted octanol–water partition coefficient (Wildman–Crippen LogP) is 7.11. The Hall–Kier alpha value is -4.27. The fourth-order valence-corrected chi connectivity index (χ4v) is 5.74. The Balaban J connectivity index is 1.47. The Morgan fingerprint density at radius 3 is 1.91 bits per heavy atom. The predicted molar refractivity (Wildman–Crippen MR) is 170 cm³/mol. The molecule has 7 nitrogen and oxygen atoms in total. The minimum Gasteiger partial charge on any atom is -0.497 e. The van der Waals surface area contributed by atoms with Crippen molar-refractivity contribution in [1.29, 1.82) is 0 Å². The van der Waals surface area contributed by atoms with Gasteiger partial charge in [0, 0.05) is 10.1 Å². The van der Waals surface area contributed by atoms with Gasteiger partial charge in [0.1, 0.15) is 18.4 Å². The number of unbranched alkanes of at least 4 members (excludes halogenated alkanes) is 1. The number of benzene rings is 4. The van der Waals surface area contributed by atoms with Crippen LogP contribution in [-0.4, -0.2) is 30.4 Å². The van der Waals surface area contributed by atoms with Crippen LogP contribution < -0.4 is 15.5 Å². The first-order valence-electron chi connectivity index (χ1n) is 14.4. The van der Waals surface area contributed by atoms with E-state index in [0.717, 1.165) is 41.0 Å². The first-order valence-corrected chi connectivity index (χ1v) is 15.3. The highest BCUT2D eigenvalue weighted by Crippen LogP contribution is 2.31. The average Bonchev–Trinajstić information content (AvgIpc) is 3.06. The summed E-state index contributed by atoms with van der Waals surface area (Å²) in [6.07, 6.45) is 2.75. The molecule has 0 heterocycles. The van der Waals surface area contributed by atoms with Crippen molar-refractivity contribution in [2.45, 2.75) is 55.1 Å². The first kappa shape index (κ1) is 31.7. The summed E-state index contributed by atoms with van der Waals surface area (Å²) in [7, 11) is 1.62. The van der Waals surface area contributed by atoms with Crippen molar-refractivity contribution in [2.24, 2.45) is 0 Å². The second-order valence-corrected chi connectivity index (χ2v) is 11.3. The van der Waals surface area contributed by atoms with E-state index in [0.29, 0.717) is 6.42 Å². The zero-order valence-corrected chi connectivity index (χ0v) is 25.1. The number of rotatable bonds is 16. The lowest BCUT2D eigenvalue weighted by Gasteiger charge is -2.27. The van der Waals surface area contributed by atoms with E-state index in [2.05, 4.69) is 22.9 Å². The number of thioether (sulfide) groups is 1. The number of hydrogen-bond donors (Lipinski definition) is 2. The van der Waals surface area contributed by atoms with Gasteiger partial charge < -0.3 is 14.8 Å². The summed E-state index contributed by atoms with van der Waals surface area (Å²) in [5, 5.41) is 2.54. The molecule has 8 heteroatoms. The van der Waals surface area contributed by atoms with Crippen LogP contribution in [0.5, 0.6) is 5.75 Å². The molecule has 2 atom stereocenters. The molecule has 0 spiro atoms. The van der Waals surface area contributed by atoms with Crippen LogP contribution in [0.2, 0.25) is 0 Å². The van der Waals surface area contributed by atoms with Crippen LogP contribution in [0, 0.1) is 0 Å². The van der Waals surface area contributed by atoms with E-state index in [1.807, 2.05) is 103 Å². The Labute approximate surface area is 257 Å². The minimum absolute atomic E-state index is 0.0961. The van der Waals surface area contributed by atoms with E-state index in [1.165, 1.54) is 17.3 Å². The molecule has 0 aliphatic carbocycles. The maximum Gasteiger partial charge on any atom is 0.408 e. The van der Waals surface area contributed by atoms with Gasteiger partial charge >= 0.3 is 6.09 Å². The molecule has 0 aliphatic rings. The third kappa shape index (κ3) is 11.1. The topological polar surface area (TPSA) is 85.9 Å². The Morgan fingerprint density at radius 2 is 1.30 bits per heavy atom. The summed E-state index contributed by atoms with van der Waals surface area (Å²) in [5.41, 5.74) is 5.61. The zero-order chi connectivity index (χ0) is 30.1. The lowest BCUT2D eigenvalue weighted by atomic mass is 10.0. The maximum atomic E-state index is 13.6. The van der Waals surface area contributed by atoms with E-state index in [1.54, 1.807) is 7.11 Å². The van der Waals surface area contributed by atoms with Crippen LogP contribution in [0.4, 0.5) is 4.79 Å². The van der Waals surface area contributed by atoms with Gasteiger partial charge in [0.25, 0.3) is 5.91 Å². The SMILES string of the molecule is COc1ccc(S[C@H](CCCCc2ccccc2)[C@H](NC(=O)OCc2ccccc2)C(=O)NOCc2ccccc2)cc1. The summed E-state index contributed by atoms with van der Waals surface area (Å²) >= 11 is 1.53. The number of methoxy groups -OCH3 is 1. The smallest absolute Gasteiger partial charge is 0.408 e. The number of amides is 2. The van der Waals surface area contributed by atoms with Gasteiger partial charge in [0.2, 0.25) is 0 Å². The first-order chi connectivity index (χ1) is 21.1. The molecule has 2 N–H and O–H groups in total. The maximum absolute atomic E-state index is 13.6. The molecule has 0 fully saturated rings. The lowest BCUT2D eigenvalue weighted by Crippen LogP contribution is -2.52. The molecule has 4 aromatic carbocycles. The fourth-order valence-electron chi connectivity index (χ4n) is 4.49. The van der Waals surface area contributed by atoms with Crippen molar-refractivity contribution in [2.75, 3.05) is 7.11 Å². The van der Waals surface area contributed by atoms with Crippen molar-refractivity contribution in [3.8, 4) is 5.75 Å². The highest BCUT2D eigenvalue weighted by molar-refractivity contribution is 8.00. The second-order valence-electron chi connectivity index (χ2n) is 9.99. The normalized spacial score (nSPS) is 12.1. The van der Waals surface area contributed by atoms with E-state index in [9.17, 15) is 9.59 Å². The number of hydrogen-bond acceptors (Lipinski definition) is 6. The van der Waals surface area contributed by atoms with Crippen LogP contribution in [-0.2, 0) is 34.0 Å². The summed E-state index contributed by atoms with van der Waals surface area (Å²) in [4.78, 5) is 33.1. The number of nitrogens with one attached hydrogen (secondary N) is 2. The molecule has 0 saturated carbocycles. The number of ether oxygens (including phenoxy) is 2. The summed E-state index contributed by atoms with van der Waals surface area (Å²) in [6.45, 7) is 0.296. The molecule has 0 aliphatic heterocycles. The molecule has 43 heavy (non-hydrogen) atoms. The van der Waals surface area contributed by atoms with Gasteiger partial charge in [-0.1, -0.05) is 97.4 Å². The van der Waals surface area contributed by atoms with Crippen molar-refractivity contribution in [1.82, 2.24) is 10.8 Å². The van der Waals surface area contributed by atoms with Gasteiger partial charge in [-0.3, -0.25) is 9.63 Å². The van der Waals surface area contributed by atoms with E-state index >= 15 is 0 Å². The molecule has 4 rings (SSSR count). The van der Waals surface area contributed by atoms with Gasteiger partial charge in [0.15, 0.2) is 0 Å². The van der Waals surface area contributed by atoms with Crippen molar-refractivity contribution >= 4 is 23.8 Å². The van der Waals surface area contributed by atoms with Crippen molar-refractivity contribution in [3.63, 3.8) is 0 Å². The van der Waals surface area contributed by atoms with Gasteiger partial charge in [-0.25, -0.2) is 10.3 Å². The number of carbonyl (C=O) groups is 2. The summed E-state index contributed by atoms with van der Waals surface area (Å²) in [6, 6.07) is 36.1. The van der Waals surface area contributed by atoms with Gasteiger partial charge in [0.05, 0.1) is 13.7 Å². The monoisotopic (exact) mass is 598 g/mol. The van der Waals surface area contributed by atoms with Crippen LogP contribution in [0.25, 0.3) is 0 Å². The molecule has 0 saturated heterocycles. The molecule has 0 aromatic heterocycles. The van der Waals surface area contributed by atoms with Crippen LogP contribution in [0.3, 0.4) is 0 Å². The number of alkyl carbamates (subject to hydrolysis) is 1. The number of hydroxylamine groups is 1. The Kier molecular flexibility index (Phi) is 13.0. The quantitative estimate of drug-likeness (QED) is 0.0812. The molecule has 2 amide bonds. The van der Waals surface area contributed by atoms with Crippen LogP contribution in [0.15, 0.2) is 120 Å². The van der Waals surface area contributed by atoms with Gasteiger partial charge in [-0.2, -0.15) is 0 Å². The Bertz CT molecular complexity index is 1370. The molecule has 0 bridgehead atoms. The number of aryl methyl sites for hydroxylation is 1. The van der Waals surface area contributed by atoms with Crippen molar-refractivity contribution in [3.05, 3.63) is 132 Å². The zero-order valence-electron chi connectivity index (χ0n) is 24.3. The molecule has 0 radical (unpaired) electrons. The number of carbonyl (C=O) groups excluding carboxylic acids is 2. The fraction of sp³-hybridized carbons (Fsp3) is 0.257. The van der Waals surface area contributed by atoms with Crippen LogP contribution >= 0.6 is 11.8 Å². The average molecular weight is 599 g/mol. The highest BCUT2D eigenvalue weighted by Gasteiger charge is 2.31. The molecule has 0 unspecified atom stereocenters.